The van der Waals surface area contributed by atoms with E-state index in [2.05, 4.69) is 29.3 Å². The van der Waals surface area contributed by atoms with Crippen molar-refractivity contribution in [1.29, 1.82) is 0 Å². The van der Waals surface area contributed by atoms with Gasteiger partial charge in [0.1, 0.15) is 6.10 Å². The van der Waals surface area contributed by atoms with E-state index in [1.807, 2.05) is 60.7 Å². The van der Waals surface area contributed by atoms with Crippen LogP contribution in [0.15, 0.2) is 66.9 Å². The molecule has 1 aliphatic rings. The molecule has 5 rings (SSSR count). The standard InChI is InChI=1S/C30H25ClN2O3/c1-19(30(34)35-2)18-36-29-25-4-3-15-32-27(25)14-10-21-7-5-20(16-26(21)29)6-12-24-13-9-22-8-11-23(31)17-28(22)33-24/h3-17,19,29H,18H2,1-2H3/b12-6+. The van der Waals surface area contributed by atoms with Gasteiger partial charge in [0, 0.05) is 22.2 Å². The van der Waals surface area contributed by atoms with Gasteiger partial charge >= 0.3 is 5.97 Å². The van der Waals surface area contributed by atoms with Crippen molar-refractivity contribution in [1.82, 2.24) is 9.97 Å². The van der Waals surface area contributed by atoms with Crippen molar-refractivity contribution in [2.75, 3.05) is 13.7 Å². The maximum Gasteiger partial charge on any atom is 0.310 e. The number of fused-ring (bicyclic) bond motifs is 3. The average Bonchev–Trinajstić information content (AvgIpc) is 3.06. The molecule has 2 aromatic carbocycles. The lowest BCUT2D eigenvalue weighted by Gasteiger charge is -2.22. The van der Waals surface area contributed by atoms with E-state index in [0.717, 1.165) is 44.5 Å². The molecule has 0 N–H and O–H groups in total. The van der Waals surface area contributed by atoms with Crippen molar-refractivity contribution in [3.8, 4) is 0 Å². The van der Waals surface area contributed by atoms with Crippen molar-refractivity contribution in [3.05, 3.63) is 106 Å². The summed E-state index contributed by atoms with van der Waals surface area (Å²) in [6.45, 7) is 2.03. The maximum absolute atomic E-state index is 12.0. The number of rotatable bonds is 6. The van der Waals surface area contributed by atoms with Crippen molar-refractivity contribution in [2.24, 2.45) is 5.92 Å². The van der Waals surface area contributed by atoms with E-state index in [4.69, 9.17) is 26.1 Å². The van der Waals surface area contributed by atoms with Gasteiger partial charge in [0.15, 0.2) is 0 Å². The first-order valence-electron chi connectivity index (χ1n) is 11.7. The number of hydrogen-bond donors (Lipinski definition) is 0. The van der Waals surface area contributed by atoms with Crippen molar-refractivity contribution in [3.63, 3.8) is 0 Å². The van der Waals surface area contributed by atoms with E-state index in [-0.39, 0.29) is 24.6 Å². The number of hydrogen-bond acceptors (Lipinski definition) is 5. The summed E-state index contributed by atoms with van der Waals surface area (Å²) < 4.78 is 11.2. The molecule has 2 aromatic heterocycles. The van der Waals surface area contributed by atoms with Gasteiger partial charge in [-0.05, 0) is 66.1 Å². The van der Waals surface area contributed by atoms with Gasteiger partial charge in [0.25, 0.3) is 0 Å². The molecule has 6 heteroatoms. The van der Waals surface area contributed by atoms with Crippen LogP contribution in [0.25, 0.3) is 35.2 Å². The molecule has 1 aliphatic carbocycles. The summed E-state index contributed by atoms with van der Waals surface area (Å²) in [5, 5.41) is 1.71. The Labute approximate surface area is 215 Å². The van der Waals surface area contributed by atoms with Crippen LogP contribution in [0.1, 0.15) is 46.7 Å². The monoisotopic (exact) mass is 496 g/mol. The second-order valence-corrected chi connectivity index (χ2v) is 9.18. The van der Waals surface area contributed by atoms with Gasteiger partial charge < -0.3 is 9.47 Å². The molecule has 180 valence electrons. The molecule has 2 unspecified atom stereocenters. The molecule has 2 atom stereocenters. The third-order valence-corrected chi connectivity index (χ3v) is 6.44. The summed E-state index contributed by atoms with van der Waals surface area (Å²) in [6.07, 6.45) is 9.47. The smallest absolute Gasteiger partial charge is 0.310 e. The Bertz CT molecular complexity index is 1500. The summed E-state index contributed by atoms with van der Waals surface area (Å²) >= 11 is 6.14. The Morgan fingerprint density at radius 1 is 1.06 bits per heavy atom. The van der Waals surface area contributed by atoms with E-state index in [9.17, 15) is 4.79 Å². The number of benzene rings is 2. The number of halogens is 1. The number of aromatic nitrogens is 2. The Kier molecular flexibility index (Phi) is 6.94. The molecule has 2 heterocycles. The summed E-state index contributed by atoms with van der Waals surface area (Å²) in [5.74, 6) is -0.681. The Hall–Kier alpha value is -3.80. The fourth-order valence-corrected chi connectivity index (χ4v) is 4.44. The highest BCUT2D eigenvalue weighted by Crippen LogP contribution is 2.36. The minimum absolute atomic E-state index is 0.231. The van der Waals surface area contributed by atoms with Gasteiger partial charge in [0.2, 0.25) is 0 Å². The van der Waals surface area contributed by atoms with Crippen LogP contribution in [-0.2, 0) is 14.3 Å². The first kappa shape index (κ1) is 23.9. The molecule has 4 aromatic rings. The highest BCUT2D eigenvalue weighted by atomic mass is 35.5. The van der Waals surface area contributed by atoms with Crippen LogP contribution < -0.4 is 0 Å². The van der Waals surface area contributed by atoms with Gasteiger partial charge in [-0.2, -0.15) is 0 Å². The molecule has 36 heavy (non-hydrogen) atoms. The largest absolute Gasteiger partial charge is 0.469 e. The van der Waals surface area contributed by atoms with E-state index in [0.29, 0.717) is 5.02 Å². The third-order valence-electron chi connectivity index (χ3n) is 6.21. The highest BCUT2D eigenvalue weighted by Gasteiger charge is 2.25. The molecule has 0 saturated heterocycles. The van der Waals surface area contributed by atoms with Crippen LogP contribution >= 0.6 is 11.6 Å². The minimum Gasteiger partial charge on any atom is -0.469 e. The number of ether oxygens (including phenoxy) is 2. The minimum atomic E-state index is -0.384. The van der Waals surface area contributed by atoms with Crippen LogP contribution in [0.4, 0.5) is 0 Å². The van der Waals surface area contributed by atoms with Crippen LogP contribution in [-0.4, -0.2) is 29.7 Å². The van der Waals surface area contributed by atoms with E-state index in [1.165, 1.54) is 7.11 Å². The molecule has 0 radical (unpaired) electrons. The molecule has 0 aliphatic heterocycles. The topological polar surface area (TPSA) is 61.3 Å². The number of carbonyl (C=O) groups excluding carboxylic acids is 1. The van der Waals surface area contributed by atoms with Crippen LogP contribution in [0.2, 0.25) is 5.02 Å². The van der Waals surface area contributed by atoms with Crippen LogP contribution in [0, 0.1) is 5.92 Å². The first-order valence-corrected chi connectivity index (χ1v) is 12.1. The highest BCUT2D eigenvalue weighted by molar-refractivity contribution is 6.31. The molecule has 0 bridgehead atoms. The SMILES string of the molecule is COC(=O)C(C)COC1c2cc(/C=C/c3ccc4ccc(Cl)cc4n3)ccc2C=Cc2ncccc21. The maximum atomic E-state index is 12.0. The van der Waals surface area contributed by atoms with Crippen molar-refractivity contribution in [2.45, 2.75) is 13.0 Å². The number of methoxy groups -OCH3 is 1. The number of nitrogens with zero attached hydrogens (tertiary/aromatic N) is 2. The van der Waals surface area contributed by atoms with Gasteiger partial charge in [-0.15, -0.1) is 0 Å². The van der Waals surface area contributed by atoms with E-state index >= 15 is 0 Å². The lowest BCUT2D eigenvalue weighted by atomic mass is 9.95. The van der Waals surface area contributed by atoms with E-state index in [1.54, 1.807) is 13.1 Å². The molecular formula is C30H25ClN2O3. The number of carbonyl (C=O) groups is 1. The Balaban J connectivity index is 1.48. The van der Waals surface area contributed by atoms with Crippen molar-refractivity contribution >= 4 is 52.8 Å². The Morgan fingerprint density at radius 3 is 2.78 bits per heavy atom. The Morgan fingerprint density at radius 2 is 1.92 bits per heavy atom. The van der Waals surface area contributed by atoms with Gasteiger partial charge in [0.05, 0.1) is 36.5 Å². The third kappa shape index (κ3) is 5.08. The summed E-state index contributed by atoms with van der Waals surface area (Å²) in [5.41, 5.74) is 6.56. The molecular weight excluding hydrogens is 472 g/mol. The number of esters is 1. The fraction of sp³-hybridized carbons (Fsp3) is 0.167. The number of pyridine rings is 2. The quantitative estimate of drug-likeness (QED) is 0.273. The molecule has 0 saturated carbocycles. The normalized spacial score (nSPS) is 15.4. The zero-order valence-electron chi connectivity index (χ0n) is 20.0. The lowest BCUT2D eigenvalue weighted by molar-refractivity contribution is -0.147. The summed E-state index contributed by atoms with van der Waals surface area (Å²) in [6, 6.07) is 19.9. The van der Waals surface area contributed by atoms with Gasteiger partial charge in [-0.1, -0.05) is 54.1 Å². The van der Waals surface area contributed by atoms with Crippen LogP contribution in [0.5, 0.6) is 0 Å². The predicted octanol–water partition coefficient (Wildman–Crippen LogP) is 6.85. The predicted molar refractivity (Wildman–Crippen MR) is 144 cm³/mol. The van der Waals surface area contributed by atoms with Gasteiger partial charge in [-0.3, -0.25) is 9.78 Å². The van der Waals surface area contributed by atoms with Crippen molar-refractivity contribution < 1.29 is 14.3 Å². The zero-order chi connectivity index (χ0) is 25.1. The molecule has 0 amide bonds. The molecule has 0 spiro atoms. The zero-order valence-corrected chi connectivity index (χ0v) is 20.8. The van der Waals surface area contributed by atoms with E-state index < -0.39 is 0 Å². The fourth-order valence-electron chi connectivity index (χ4n) is 4.27. The summed E-state index contributed by atoms with van der Waals surface area (Å²) in [7, 11) is 1.39. The van der Waals surface area contributed by atoms with Crippen LogP contribution in [0.3, 0.4) is 0 Å². The second-order valence-electron chi connectivity index (χ2n) is 8.74. The van der Waals surface area contributed by atoms with Gasteiger partial charge in [-0.25, -0.2) is 4.98 Å². The lowest BCUT2D eigenvalue weighted by Crippen LogP contribution is -2.21. The first-order chi connectivity index (χ1) is 17.5. The summed E-state index contributed by atoms with van der Waals surface area (Å²) in [4.78, 5) is 21.2. The molecule has 5 nitrogen and oxygen atoms in total. The molecule has 0 fully saturated rings. The average molecular weight is 497 g/mol. The second kappa shape index (κ2) is 10.4.